The Labute approximate surface area is 163 Å². The molecule has 0 aliphatic heterocycles. The van der Waals surface area contributed by atoms with Gasteiger partial charge in [-0.2, -0.15) is 0 Å². The molecule has 3 amide bonds. The van der Waals surface area contributed by atoms with Crippen LogP contribution in [0.3, 0.4) is 0 Å². The summed E-state index contributed by atoms with van der Waals surface area (Å²) in [5.41, 5.74) is 2.10. The molecule has 148 valence electrons. The number of urea groups is 1. The van der Waals surface area contributed by atoms with E-state index in [4.69, 9.17) is 4.74 Å². The van der Waals surface area contributed by atoms with Crippen LogP contribution in [-0.2, 0) is 11.3 Å². The number of hydrogen-bond donors (Lipinski definition) is 3. The summed E-state index contributed by atoms with van der Waals surface area (Å²) in [6, 6.07) is 11.4. The summed E-state index contributed by atoms with van der Waals surface area (Å²) in [7, 11) is 1.39. The zero-order chi connectivity index (χ0) is 20.5. The van der Waals surface area contributed by atoms with Crippen molar-refractivity contribution in [3.8, 4) is 5.75 Å². The molecule has 0 spiro atoms. The van der Waals surface area contributed by atoms with Crippen molar-refractivity contribution < 1.29 is 18.7 Å². The number of nitrogens with one attached hydrogen (secondary N) is 3. The highest BCUT2D eigenvalue weighted by molar-refractivity contribution is 5.91. The smallest absolute Gasteiger partial charge is 0.319 e. The lowest BCUT2D eigenvalue weighted by Gasteiger charge is -2.10. The van der Waals surface area contributed by atoms with E-state index in [9.17, 15) is 14.0 Å². The molecule has 0 aliphatic rings. The second-order valence-corrected chi connectivity index (χ2v) is 6.40. The number of rotatable bonds is 7. The van der Waals surface area contributed by atoms with Gasteiger partial charge in [0.25, 0.3) is 0 Å². The molecule has 3 N–H and O–H groups in total. The number of carbonyl (C=O) groups is 2. The second-order valence-electron chi connectivity index (χ2n) is 6.40. The quantitative estimate of drug-likeness (QED) is 0.636. The van der Waals surface area contributed by atoms with Crippen LogP contribution in [0.1, 0.15) is 25.0 Å². The molecule has 7 heteroatoms. The predicted molar refractivity (Wildman–Crippen MR) is 108 cm³/mol. The molecule has 0 fully saturated rings. The van der Waals surface area contributed by atoms with E-state index in [1.807, 2.05) is 26.0 Å². The topological polar surface area (TPSA) is 79.5 Å². The van der Waals surface area contributed by atoms with Crippen molar-refractivity contribution in [1.82, 2.24) is 10.6 Å². The average molecular weight is 385 g/mol. The third-order valence-electron chi connectivity index (χ3n) is 3.70. The van der Waals surface area contributed by atoms with Crippen molar-refractivity contribution in [3.63, 3.8) is 0 Å². The number of methoxy groups -OCH3 is 1. The number of ether oxygens (including phenoxy) is 1. The Balaban J connectivity index is 1.83. The van der Waals surface area contributed by atoms with Crippen LogP contribution < -0.4 is 20.7 Å². The summed E-state index contributed by atoms with van der Waals surface area (Å²) in [5.74, 6) is -0.628. The van der Waals surface area contributed by atoms with Crippen LogP contribution in [-0.4, -0.2) is 25.1 Å². The average Bonchev–Trinajstić information content (AvgIpc) is 2.65. The van der Waals surface area contributed by atoms with Crippen molar-refractivity contribution in [2.24, 2.45) is 0 Å². The minimum absolute atomic E-state index is 0.0527. The third-order valence-corrected chi connectivity index (χ3v) is 3.70. The molecule has 0 heterocycles. The van der Waals surface area contributed by atoms with Gasteiger partial charge in [0, 0.05) is 24.4 Å². The zero-order valence-electron chi connectivity index (χ0n) is 16.1. The molecular weight excluding hydrogens is 361 g/mol. The number of halogens is 1. The first-order chi connectivity index (χ1) is 13.4. The van der Waals surface area contributed by atoms with Gasteiger partial charge in [0.05, 0.1) is 7.11 Å². The number of amides is 3. The molecule has 0 saturated carbocycles. The van der Waals surface area contributed by atoms with E-state index in [0.29, 0.717) is 17.8 Å². The second kappa shape index (κ2) is 10.1. The van der Waals surface area contributed by atoms with Gasteiger partial charge in [-0.05, 0) is 55.3 Å². The molecule has 0 aliphatic carbocycles. The molecule has 0 atom stereocenters. The van der Waals surface area contributed by atoms with Crippen molar-refractivity contribution in [2.75, 3.05) is 12.4 Å². The molecule has 0 unspecified atom stereocenters. The van der Waals surface area contributed by atoms with E-state index < -0.39 is 5.82 Å². The van der Waals surface area contributed by atoms with Crippen LogP contribution in [0.4, 0.5) is 14.9 Å². The van der Waals surface area contributed by atoms with Gasteiger partial charge in [-0.25, -0.2) is 9.18 Å². The van der Waals surface area contributed by atoms with E-state index >= 15 is 0 Å². The summed E-state index contributed by atoms with van der Waals surface area (Å²) in [4.78, 5) is 23.6. The number of anilines is 1. The molecule has 2 rings (SSSR count). The fourth-order valence-corrected chi connectivity index (χ4v) is 2.34. The Hall–Kier alpha value is -3.35. The first kappa shape index (κ1) is 21.0. The van der Waals surface area contributed by atoms with Crippen LogP contribution in [0.15, 0.2) is 48.5 Å². The normalized spacial score (nSPS) is 10.8. The summed E-state index contributed by atoms with van der Waals surface area (Å²) in [5, 5.41) is 8.22. The Kier molecular flexibility index (Phi) is 7.56. The molecule has 0 bridgehead atoms. The van der Waals surface area contributed by atoms with E-state index in [0.717, 1.165) is 5.56 Å². The van der Waals surface area contributed by atoms with E-state index in [1.54, 1.807) is 18.2 Å². The van der Waals surface area contributed by atoms with Gasteiger partial charge < -0.3 is 20.7 Å². The van der Waals surface area contributed by atoms with E-state index in [2.05, 4.69) is 16.0 Å². The molecule has 0 aromatic heterocycles. The van der Waals surface area contributed by atoms with Crippen molar-refractivity contribution in [3.05, 3.63) is 65.5 Å². The Bertz CT molecular complexity index is 848. The first-order valence-corrected chi connectivity index (χ1v) is 8.83. The molecule has 2 aromatic rings. The van der Waals surface area contributed by atoms with Crippen LogP contribution in [0.2, 0.25) is 0 Å². The maximum absolute atomic E-state index is 13.6. The van der Waals surface area contributed by atoms with Gasteiger partial charge >= 0.3 is 6.03 Å². The highest BCUT2D eigenvalue weighted by atomic mass is 19.1. The fraction of sp³-hybridized carbons (Fsp3) is 0.238. The van der Waals surface area contributed by atoms with Crippen LogP contribution in [0.25, 0.3) is 6.08 Å². The van der Waals surface area contributed by atoms with Crippen LogP contribution in [0.5, 0.6) is 5.75 Å². The molecule has 2 aromatic carbocycles. The summed E-state index contributed by atoms with van der Waals surface area (Å²) in [6.07, 6.45) is 2.87. The lowest BCUT2D eigenvalue weighted by atomic mass is 10.2. The summed E-state index contributed by atoms with van der Waals surface area (Å²) >= 11 is 0. The largest absolute Gasteiger partial charge is 0.494 e. The number of benzene rings is 2. The van der Waals surface area contributed by atoms with Crippen molar-refractivity contribution >= 4 is 23.7 Å². The lowest BCUT2D eigenvalue weighted by molar-refractivity contribution is -0.116. The lowest BCUT2D eigenvalue weighted by Crippen LogP contribution is -2.34. The van der Waals surface area contributed by atoms with Gasteiger partial charge in [0.15, 0.2) is 11.6 Å². The van der Waals surface area contributed by atoms with E-state index in [1.165, 1.54) is 31.4 Å². The summed E-state index contributed by atoms with van der Waals surface area (Å²) in [6.45, 7) is 4.09. The van der Waals surface area contributed by atoms with Crippen molar-refractivity contribution in [2.45, 2.75) is 26.4 Å². The van der Waals surface area contributed by atoms with Gasteiger partial charge in [-0.3, -0.25) is 4.79 Å². The number of hydrogen-bond acceptors (Lipinski definition) is 3. The molecule has 28 heavy (non-hydrogen) atoms. The SMILES string of the molecule is COc1ccc(/C=C/C(=O)NCc2ccc(NC(=O)NC(C)C)cc2)cc1F. The standard InChI is InChI=1S/C21H24FN3O3/c1-14(2)24-21(27)25-17-8-4-16(5-9-17)13-23-20(26)11-7-15-6-10-19(28-3)18(22)12-15/h4-12,14H,13H2,1-3H3,(H,23,26)(H2,24,25,27)/b11-7+. The minimum atomic E-state index is -0.485. The van der Waals surface area contributed by atoms with Gasteiger partial charge in [-0.15, -0.1) is 0 Å². The number of carbonyl (C=O) groups excluding carboxylic acids is 2. The van der Waals surface area contributed by atoms with Gasteiger partial charge in [-0.1, -0.05) is 18.2 Å². The van der Waals surface area contributed by atoms with Gasteiger partial charge in [0.2, 0.25) is 5.91 Å². The highest BCUT2D eigenvalue weighted by Gasteiger charge is 2.04. The zero-order valence-corrected chi connectivity index (χ0v) is 16.1. The molecule has 0 saturated heterocycles. The highest BCUT2D eigenvalue weighted by Crippen LogP contribution is 2.18. The van der Waals surface area contributed by atoms with Crippen LogP contribution in [0, 0.1) is 5.82 Å². The van der Waals surface area contributed by atoms with Crippen LogP contribution >= 0.6 is 0 Å². The molecular formula is C21H24FN3O3. The predicted octanol–water partition coefficient (Wildman–Crippen LogP) is 3.69. The maximum atomic E-state index is 13.6. The van der Waals surface area contributed by atoms with Crippen molar-refractivity contribution in [1.29, 1.82) is 0 Å². The Morgan fingerprint density at radius 2 is 1.86 bits per heavy atom. The molecule has 0 radical (unpaired) electrons. The van der Waals surface area contributed by atoms with Gasteiger partial charge in [0.1, 0.15) is 0 Å². The third kappa shape index (κ3) is 6.75. The summed E-state index contributed by atoms with van der Waals surface area (Å²) < 4.78 is 18.5. The first-order valence-electron chi connectivity index (χ1n) is 8.83. The monoisotopic (exact) mass is 385 g/mol. The Morgan fingerprint density at radius 3 is 2.46 bits per heavy atom. The Morgan fingerprint density at radius 1 is 1.14 bits per heavy atom. The maximum Gasteiger partial charge on any atom is 0.319 e. The fourth-order valence-electron chi connectivity index (χ4n) is 2.34. The minimum Gasteiger partial charge on any atom is -0.494 e. The molecule has 6 nitrogen and oxygen atoms in total. The van der Waals surface area contributed by atoms with E-state index in [-0.39, 0.29) is 23.7 Å².